The zero-order valence-corrected chi connectivity index (χ0v) is 14.0. The number of amides is 1. The second kappa shape index (κ2) is 5.79. The van der Waals surface area contributed by atoms with Gasteiger partial charge in [0.25, 0.3) is 0 Å². The van der Waals surface area contributed by atoms with Crippen LogP contribution in [0.15, 0.2) is 12.4 Å². The molecule has 2 aromatic rings. The average Bonchev–Trinajstić information content (AvgIpc) is 3.06. The van der Waals surface area contributed by atoms with Crippen LogP contribution < -0.4 is 5.32 Å². The summed E-state index contributed by atoms with van der Waals surface area (Å²) in [6.07, 6.45) is 7.78. The first kappa shape index (κ1) is 15.1. The van der Waals surface area contributed by atoms with Crippen LogP contribution in [0.3, 0.4) is 0 Å². The molecule has 1 aliphatic rings. The highest BCUT2D eigenvalue weighted by atomic mass is 32.1. The van der Waals surface area contributed by atoms with Crippen LogP contribution in [-0.2, 0) is 11.8 Å². The number of hydrogen-bond acceptors (Lipinski definition) is 5. The highest BCUT2D eigenvalue weighted by molar-refractivity contribution is 7.18. The topological polar surface area (TPSA) is 72.7 Å². The summed E-state index contributed by atoms with van der Waals surface area (Å²) in [5, 5.41) is 12.4. The zero-order chi connectivity index (χ0) is 15.7. The molecule has 0 aliphatic heterocycles. The SMILES string of the molecule is Cn1ccnc1-c1nnc(NC(=O)[C@@H]2CCCC(C)(C)C2)s1. The van der Waals surface area contributed by atoms with E-state index < -0.39 is 0 Å². The van der Waals surface area contributed by atoms with Crippen molar-refractivity contribution < 1.29 is 4.79 Å². The Kier molecular flexibility index (Phi) is 3.99. The molecule has 6 nitrogen and oxygen atoms in total. The molecule has 1 aliphatic carbocycles. The summed E-state index contributed by atoms with van der Waals surface area (Å²) < 4.78 is 1.88. The Labute approximate surface area is 134 Å². The number of aromatic nitrogens is 4. The molecule has 1 N–H and O–H groups in total. The first-order chi connectivity index (χ1) is 10.4. The number of hydrogen-bond donors (Lipinski definition) is 1. The lowest BCUT2D eigenvalue weighted by molar-refractivity contribution is -0.122. The normalized spacial score (nSPS) is 20.8. The summed E-state index contributed by atoms with van der Waals surface area (Å²) in [4.78, 5) is 16.7. The summed E-state index contributed by atoms with van der Waals surface area (Å²) in [5.74, 6) is 0.899. The number of aryl methyl sites for hydroxylation is 1. The van der Waals surface area contributed by atoms with E-state index in [1.165, 1.54) is 17.8 Å². The van der Waals surface area contributed by atoms with Crippen molar-refractivity contribution in [3.05, 3.63) is 12.4 Å². The highest BCUT2D eigenvalue weighted by Crippen LogP contribution is 2.39. The fourth-order valence-electron chi connectivity index (χ4n) is 3.07. The van der Waals surface area contributed by atoms with Crippen molar-refractivity contribution in [1.29, 1.82) is 0 Å². The lowest BCUT2D eigenvalue weighted by Gasteiger charge is -2.34. The molecule has 7 heteroatoms. The van der Waals surface area contributed by atoms with Crippen molar-refractivity contribution in [2.45, 2.75) is 39.5 Å². The van der Waals surface area contributed by atoms with E-state index in [1.54, 1.807) is 6.20 Å². The minimum Gasteiger partial charge on any atom is -0.332 e. The van der Waals surface area contributed by atoms with E-state index in [0.717, 1.165) is 25.1 Å². The smallest absolute Gasteiger partial charge is 0.229 e. The summed E-state index contributed by atoms with van der Waals surface area (Å²) in [6, 6.07) is 0. The number of nitrogens with one attached hydrogen (secondary N) is 1. The van der Waals surface area contributed by atoms with Crippen molar-refractivity contribution >= 4 is 22.4 Å². The Hall–Kier alpha value is -1.76. The molecule has 0 aromatic carbocycles. The van der Waals surface area contributed by atoms with Crippen LogP contribution in [0.5, 0.6) is 0 Å². The van der Waals surface area contributed by atoms with E-state index in [9.17, 15) is 4.79 Å². The summed E-state index contributed by atoms with van der Waals surface area (Å²) in [6.45, 7) is 4.47. The molecule has 1 atom stereocenters. The first-order valence-electron chi connectivity index (χ1n) is 7.57. The molecular formula is C15H21N5OS. The standard InChI is InChI=1S/C15H21N5OS/c1-15(2)6-4-5-10(9-15)12(21)17-14-19-18-13(22-14)11-16-7-8-20(11)3/h7-8,10H,4-6,9H2,1-3H3,(H,17,19,21)/t10-/m1/s1. The molecule has 0 bridgehead atoms. The van der Waals surface area contributed by atoms with Gasteiger partial charge in [0.2, 0.25) is 11.0 Å². The number of carbonyl (C=O) groups excluding carboxylic acids is 1. The predicted octanol–water partition coefficient (Wildman–Crippen LogP) is 3.09. The molecule has 0 saturated heterocycles. The van der Waals surface area contributed by atoms with Crippen molar-refractivity contribution in [1.82, 2.24) is 19.7 Å². The number of carbonyl (C=O) groups is 1. The van der Waals surface area contributed by atoms with Gasteiger partial charge in [-0.2, -0.15) is 0 Å². The van der Waals surface area contributed by atoms with Gasteiger partial charge >= 0.3 is 0 Å². The van der Waals surface area contributed by atoms with Gasteiger partial charge < -0.3 is 9.88 Å². The molecule has 2 heterocycles. The van der Waals surface area contributed by atoms with E-state index in [4.69, 9.17) is 0 Å². The Morgan fingerprint density at radius 1 is 1.45 bits per heavy atom. The van der Waals surface area contributed by atoms with Crippen LogP contribution in [0, 0.1) is 11.3 Å². The third-order valence-electron chi connectivity index (χ3n) is 4.24. The van der Waals surface area contributed by atoms with Gasteiger partial charge in [-0.25, -0.2) is 4.98 Å². The number of imidazole rings is 1. The predicted molar refractivity (Wildman–Crippen MR) is 86.5 cm³/mol. The van der Waals surface area contributed by atoms with E-state index in [1.807, 2.05) is 17.8 Å². The maximum atomic E-state index is 12.4. The molecule has 22 heavy (non-hydrogen) atoms. The number of nitrogens with zero attached hydrogens (tertiary/aromatic N) is 4. The van der Waals surface area contributed by atoms with Crippen LogP contribution in [0.25, 0.3) is 10.8 Å². The molecule has 0 spiro atoms. The minimum atomic E-state index is 0.0651. The first-order valence-corrected chi connectivity index (χ1v) is 8.38. The van der Waals surface area contributed by atoms with Crippen molar-refractivity contribution in [3.63, 3.8) is 0 Å². The molecule has 1 amide bonds. The molecule has 0 radical (unpaired) electrons. The molecule has 1 saturated carbocycles. The van der Waals surface area contributed by atoms with Crippen LogP contribution >= 0.6 is 11.3 Å². The Balaban J connectivity index is 1.68. The van der Waals surface area contributed by atoms with Gasteiger partial charge in [0, 0.05) is 25.4 Å². The number of rotatable bonds is 3. The van der Waals surface area contributed by atoms with Gasteiger partial charge in [0.15, 0.2) is 10.8 Å². The molecule has 118 valence electrons. The number of anilines is 1. The van der Waals surface area contributed by atoms with Crippen LogP contribution in [-0.4, -0.2) is 25.7 Å². The second-order valence-corrected chi connectivity index (χ2v) is 7.70. The molecule has 2 aromatic heterocycles. The lowest BCUT2D eigenvalue weighted by atomic mass is 9.72. The Bertz CT molecular complexity index is 675. The average molecular weight is 319 g/mol. The Morgan fingerprint density at radius 2 is 2.27 bits per heavy atom. The lowest BCUT2D eigenvalue weighted by Crippen LogP contribution is -2.31. The second-order valence-electron chi connectivity index (χ2n) is 6.72. The highest BCUT2D eigenvalue weighted by Gasteiger charge is 2.32. The van der Waals surface area contributed by atoms with Gasteiger partial charge in [0.1, 0.15) is 0 Å². The summed E-state index contributed by atoms with van der Waals surface area (Å²) in [5.41, 5.74) is 0.250. The quantitative estimate of drug-likeness (QED) is 0.943. The monoisotopic (exact) mass is 319 g/mol. The third kappa shape index (κ3) is 3.19. The van der Waals surface area contributed by atoms with Gasteiger partial charge in [-0.05, 0) is 24.7 Å². The fraction of sp³-hybridized carbons (Fsp3) is 0.600. The minimum absolute atomic E-state index is 0.0651. The molecule has 3 rings (SSSR count). The van der Waals surface area contributed by atoms with E-state index in [-0.39, 0.29) is 17.2 Å². The van der Waals surface area contributed by atoms with Crippen LogP contribution in [0.1, 0.15) is 39.5 Å². The van der Waals surface area contributed by atoms with E-state index in [2.05, 4.69) is 34.3 Å². The third-order valence-corrected chi connectivity index (χ3v) is 5.08. The molecular weight excluding hydrogens is 298 g/mol. The van der Waals surface area contributed by atoms with Crippen molar-refractivity contribution in [2.24, 2.45) is 18.4 Å². The summed E-state index contributed by atoms with van der Waals surface area (Å²) in [7, 11) is 1.91. The molecule has 1 fully saturated rings. The van der Waals surface area contributed by atoms with E-state index in [0.29, 0.717) is 10.1 Å². The Morgan fingerprint density at radius 3 is 2.95 bits per heavy atom. The van der Waals surface area contributed by atoms with Crippen molar-refractivity contribution in [2.75, 3.05) is 5.32 Å². The largest absolute Gasteiger partial charge is 0.332 e. The van der Waals surface area contributed by atoms with Gasteiger partial charge in [0.05, 0.1) is 0 Å². The zero-order valence-electron chi connectivity index (χ0n) is 13.2. The fourth-order valence-corrected chi connectivity index (χ4v) is 3.85. The van der Waals surface area contributed by atoms with Gasteiger partial charge in [-0.1, -0.05) is 31.6 Å². The maximum Gasteiger partial charge on any atom is 0.229 e. The summed E-state index contributed by atoms with van der Waals surface area (Å²) >= 11 is 1.36. The molecule has 0 unspecified atom stereocenters. The van der Waals surface area contributed by atoms with Gasteiger partial charge in [-0.15, -0.1) is 10.2 Å². The van der Waals surface area contributed by atoms with Crippen LogP contribution in [0.4, 0.5) is 5.13 Å². The van der Waals surface area contributed by atoms with Crippen molar-refractivity contribution in [3.8, 4) is 10.8 Å². The van der Waals surface area contributed by atoms with E-state index >= 15 is 0 Å². The van der Waals surface area contributed by atoms with Gasteiger partial charge in [-0.3, -0.25) is 4.79 Å². The maximum absolute atomic E-state index is 12.4. The van der Waals surface area contributed by atoms with Crippen LogP contribution in [0.2, 0.25) is 0 Å².